The molecule has 1 aromatic rings. The zero-order chi connectivity index (χ0) is 14.5. The number of ketones is 1. The maximum atomic E-state index is 11.4. The summed E-state index contributed by atoms with van der Waals surface area (Å²) in [5.74, 6) is 0.0280. The Morgan fingerprint density at radius 1 is 1.50 bits per heavy atom. The number of Topliss-reactive ketones (excluding diaryl/α,β-unsaturated/α-hetero) is 1. The third-order valence-electron chi connectivity index (χ3n) is 3.51. The van der Waals surface area contributed by atoms with Gasteiger partial charge >= 0.3 is 5.97 Å². The summed E-state index contributed by atoms with van der Waals surface area (Å²) in [5, 5.41) is 8.90. The number of carboxylic acid groups (broad SMARTS) is 1. The molecular weight excluding hydrogens is 258 g/mol. The molecule has 5 heteroatoms. The van der Waals surface area contributed by atoms with Crippen molar-refractivity contribution < 1.29 is 19.4 Å². The first kappa shape index (κ1) is 14.5. The Hall–Kier alpha value is -1.88. The molecule has 0 amide bonds. The van der Waals surface area contributed by atoms with Gasteiger partial charge in [-0.1, -0.05) is 13.0 Å². The van der Waals surface area contributed by atoms with Gasteiger partial charge in [-0.2, -0.15) is 0 Å². The van der Waals surface area contributed by atoms with Crippen LogP contribution < -0.4 is 4.74 Å². The fourth-order valence-corrected chi connectivity index (χ4v) is 2.31. The Morgan fingerprint density at radius 3 is 3.00 bits per heavy atom. The van der Waals surface area contributed by atoms with E-state index < -0.39 is 5.97 Å². The van der Waals surface area contributed by atoms with E-state index in [4.69, 9.17) is 9.84 Å². The first-order valence-corrected chi connectivity index (χ1v) is 6.77. The molecule has 0 bridgehead atoms. The number of carboxylic acids is 1. The Labute approximate surface area is 118 Å². The first-order chi connectivity index (χ1) is 9.56. The molecule has 0 radical (unpaired) electrons. The molecule has 0 aromatic heterocycles. The molecule has 1 N–H and O–H groups in total. The number of rotatable bonds is 5. The van der Waals surface area contributed by atoms with Gasteiger partial charge in [0.1, 0.15) is 18.1 Å². The fourth-order valence-electron chi connectivity index (χ4n) is 2.31. The molecular formula is C15H19NO4. The van der Waals surface area contributed by atoms with Crippen LogP contribution in [0.25, 0.3) is 0 Å². The number of hydrogen-bond donors (Lipinski definition) is 1. The van der Waals surface area contributed by atoms with E-state index in [1.165, 1.54) is 12.1 Å². The van der Waals surface area contributed by atoms with Gasteiger partial charge in [0, 0.05) is 32.0 Å². The third-order valence-corrected chi connectivity index (χ3v) is 3.51. The zero-order valence-electron chi connectivity index (χ0n) is 11.5. The molecule has 1 aliphatic heterocycles. The van der Waals surface area contributed by atoms with E-state index in [2.05, 4.69) is 4.90 Å². The lowest BCUT2D eigenvalue weighted by atomic mass is 9.99. The molecule has 0 saturated carbocycles. The second-order valence-electron chi connectivity index (χ2n) is 5.10. The van der Waals surface area contributed by atoms with Crippen molar-refractivity contribution >= 4 is 11.8 Å². The summed E-state index contributed by atoms with van der Waals surface area (Å²) in [7, 11) is 0. The molecule has 1 saturated heterocycles. The topological polar surface area (TPSA) is 66.8 Å². The monoisotopic (exact) mass is 277 g/mol. The number of hydrogen-bond acceptors (Lipinski definition) is 4. The van der Waals surface area contributed by atoms with Crippen molar-refractivity contribution in [2.45, 2.75) is 13.3 Å². The van der Waals surface area contributed by atoms with E-state index in [0.717, 1.165) is 19.6 Å². The lowest BCUT2D eigenvalue weighted by Gasteiger charge is -2.29. The molecule has 20 heavy (non-hydrogen) atoms. The summed E-state index contributed by atoms with van der Waals surface area (Å²) < 4.78 is 5.57. The second-order valence-corrected chi connectivity index (χ2v) is 5.10. The van der Waals surface area contributed by atoms with Crippen LogP contribution in [-0.2, 0) is 4.79 Å². The van der Waals surface area contributed by atoms with Gasteiger partial charge < -0.3 is 9.84 Å². The maximum Gasteiger partial charge on any atom is 0.335 e. The highest BCUT2D eigenvalue weighted by Crippen LogP contribution is 2.15. The summed E-state index contributed by atoms with van der Waals surface area (Å²) in [4.78, 5) is 24.5. The number of nitrogens with zero attached hydrogens (tertiary/aromatic N) is 1. The zero-order valence-corrected chi connectivity index (χ0v) is 11.5. The number of ether oxygens (including phenoxy) is 1. The molecule has 1 fully saturated rings. The Kier molecular flexibility index (Phi) is 4.74. The molecule has 1 atom stereocenters. The lowest BCUT2D eigenvalue weighted by Crippen LogP contribution is -2.41. The predicted octanol–water partition coefficient (Wildman–Crippen LogP) is 1.67. The van der Waals surface area contributed by atoms with Crippen LogP contribution in [0, 0.1) is 5.92 Å². The maximum absolute atomic E-state index is 11.4. The molecule has 0 spiro atoms. The molecule has 2 rings (SSSR count). The number of likely N-dealkylation sites (tertiary alicyclic amines) is 1. The van der Waals surface area contributed by atoms with Gasteiger partial charge in [0.2, 0.25) is 0 Å². The summed E-state index contributed by atoms with van der Waals surface area (Å²) in [6.07, 6.45) is 0.607. The van der Waals surface area contributed by atoms with Crippen LogP contribution in [0.5, 0.6) is 5.75 Å². The highest BCUT2D eigenvalue weighted by Gasteiger charge is 2.22. The molecule has 5 nitrogen and oxygen atoms in total. The quantitative estimate of drug-likeness (QED) is 0.887. The second kappa shape index (κ2) is 6.52. The number of benzene rings is 1. The van der Waals surface area contributed by atoms with E-state index >= 15 is 0 Å². The summed E-state index contributed by atoms with van der Waals surface area (Å²) >= 11 is 0. The Bertz CT molecular complexity index is 500. The van der Waals surface area contributed by atoms with E-state index in [1.54, 1.807) is 12.1 Å². The molecule has 108 valence electrons. The highest BCUT2D eigenvalue weighted by molar-refractivity contribution is 5.88. The summed E-state index contributed by atoms with van der Waals surface area (Å²) in [6, 6.07) is 6.47. The van der Waals surface area contributed by atoms with E-state index in [1.807, 2.05) is 6.92 Å². The molecule has 1 aliphatic rings. The fraction of sp³-hybridized carbons (Fsp3) is 0.467. The molecule has 1 heterocycles. The Balaban J connectivity index is 1.80. The van der Waals surface area contributed by atoms with Crippen molar-refractivity contribution in [1.29, 1.82) is 0 Å². The van der Waals surface area contributed by atoms with Gasteiger partial charge in [0.05, 0.1) is 5.56 Å². The number of carbonyl (C=O) groups is 2. The van der Waals surface area contributed by atoms with Gasteiger partial charge in [0.25, 0.3) is 0 Å². The minimum absolute atomic E-state index is 0.0964. The molecule has 1 unspecified atom stereocenters. The Morgan fingerprint density at radius 2 is 2.30 bits per heavy atom. The minimum Gasteiger partial charge on any atom is -0.492 e. The summed E-state index contributed by atoms with van der Waals surface area (Å²) in [5.41, 5.74) is 0.222. The predicted molar refractivity (Wildman–Crippen MR) is 74.1 cm³/mol. The first-order valence-electron chi connectivity index (χ1n) is 6.77. The smallest absolute Gasteiger partial charge is 0.335 e. The van der Waals surface area contributed by atoms with Crippen molar-refractivity contribution in [2.75, 3.05) is 26.2 Å². The lowest BCUT2D eigenvalue weighted by molar-refractivity contribution is -0.125. The van der Waals surface area contributed by atoms with Crippen molar-refractivity contribution in [2.24, 2.45) is 5.92 Å². The van der Waals surface area contributed by atoms with E-state index in [-0.39, 0.29) is 11.5 Å². The average molecular weight is 277 g/mol. The van der Waals surface area contributed by atoms with Crippen molar-refractivity contribution in [3.05, 3.63) is 29.8 Å². The van der Waals surface area contributed by atoms with E-state index in [9.17, 15) is 9.59 Å². The van der Waals surface area contributed by atoms with Gasteiger partial charge in [-0.15, -0.1) is 0 Å². The van der Waals surface area contributed by atoms with Gasteiger partial charge in [-0.25, -0.2) is 4.79 Å². The minimum atomic E-state index is -0.959. The van der Waals surface area contributed by atoms with Crippen molar-refractivity contribution in [1.82, 2.24) is 4.90 Å². The van der Waals surface area contributed by atoms with Gasteiger partial charge in [0.15, 0.2) is 0 Å². The van der Waals surface area contributed by atoms with Crippen molar-refractivity contribution in [3.8, 4) is 5.75 Å². The van der Waals surface area contributed by atoms with Gasteiger partial charge in [-0.05, 0) is 18.2 Å². The van der Waals surface area contributed by atoms with Crippen molar-refractivity contribution in [3.63, 3.8) is 0 Å². The van der Waals surface area contributed by atoms with Crippen LogP contribution >= 0.6 is 0 Å². The van der Waals surface area contributed by atoms with Crippen LogP contribution in [0.4, 0.5) is 0 Å². The van der Waals surface area contributed by atoms with Gasteiger partial charge in [-0.3, -0.25) is 9.69 Å². The molecule has 0 aliphatic carbocycles. The van der Waals surface area contributed by atoms with Crippen LogP contribution in [0.1, 0.15) is 23.7 Å². The van der Waals surface area contributed by atoms with E-state index in [0.29, 0.717) is 24.6 Å². The number of piperidine rings is 1. The molecule has 1 aromatic carbocycles. The summed E-state index contributed by atoms with van der Waals surface area (Å²) in [6.45, 7) is 4.74. The average Bonchev–Trinajstić information content (AvgIpc) is 2.43. The largest absolute Gasteiger partial charge is 0.492 e. The third kappa shape index (κ3) is 3.81. The van der Waals surface area contributed by atoms with Crippen LogP contribution in [0.15, 0.2) is 24.3 Å². The highest BCUT2D eigenvalue weighted by atomic mass is 16.5. The number of aromatic carboxylic acids is 1. The number of carbonyl (C=O) groups excluding carboxylic acids is 1. The van der Waals surface area contributed by atoms with Crippen LogP contribution in [-0.4, -0.2) is 48.0 Å². The van der Waals surface area contributed by atoms with Crippen LogP contribution in [0.2, 0.25) is 0 Å². The normalized spacial score (nSPS) is 19.9. The SMILES string of the molecule is CC1CN(CCOc2cccc(C(=O)O)c2)CCC1=O. The van der Waals surface area contributed by atoms with Crippen LogP contribution in [0.3, 0.4) is 0 Å². The standard InChI is InChI=1S/C15H19NO4/c1-11-10-16(6-5-14(11)17)7-8-20-13-4-2-3-12(9-13)15(18)19/h2-4,9,11H,5-8,10H2,1H3,(H,18,19).